The molecule has 1 aromatic carbocycles. The smallest absolute Gasteiger partial charge is 0.180 e. The van der Waals surface area contributed by atoms with E-state index in [0.29, 0.717) is 5.13 Å². The van der Waals surface area contributed by atoms with E-state index in [1.165, 1.54) is 10.6 Å². The molecule has 0 unspecified atom stereocenters. The number of aromatic nitrogens is 1. The molecule has 0 atom stereocenters. The zero-order valence-electron chi connectivity index (χ0n) is 12.3. The Labute approximate surface area is 134 Å². The van der Waals surface area contributed by atoms with Crippen LogP contribution in [0.3, 0.4) is 0 Å². The number of nitriles is 1. The number of fused-ring (bicyclic) bond motifs is 1. The molecule has 0 radical (unpaired) electrons. The molecule has 0 spiro atoms. The van der Waals surface area contributed by atoms with E-state index in [4.69, 9.17) is 11.0 Å². The highest BCUT2D eigenvalue weighted by atomic mass is 32.1. The molecule has 112 valence electrons. The first-order chi connectivity index (χ1) is 10.8. The van der Waals surface area contributed by atoms with Gasteiger partial charge in [-0.2, -0.15) is 5.26 Å². The summed E-state index contributed by atoms with van der Waals surface area (Å²) in [6, 6.07) is 9.89. The number of anilines is 1. The third-order valence-corrected chi connectivity index (χ3v) is 4.84. The number of nitrogen functional groups attached to an aromatic ring is 1. The van der Waals surface area contributed by atoms with Crippen LogP contribution >= 0.6 is 11.3 Å². The van der Waals surface area contributed by atoms with Gasteiger partial charge in [-0.1, -0.05) is 30.4 Å². The van der Waals surface area contributed by atoms with Crippen molar-refractivity contribution in [3.8, 4) is 6.07 Å². The third kappa shape index (κ3) is 3.35. The molecule has 1 aliphatic heterocycles. The Morgan fingerprint density at radius 2 is 2.14 bits per heavy atom. The van der Waals surface area contributed by atoms with Crippen molar-refractivity contribution >= 4 is 22.5 Å². The molecule has 22 heavy (non-hydrogen) atoms. The van der Waals surface area contributed by atoms with E-state index in [1.54, 1.807) is 11.3 Å². The van der Waals surface area contributed by atoms with E-state index < -0.39 is 0 Å². The zero-order chi connectivity index (χ0) is 15.4. The van der Waals surface area contributed by atoms with Crippen molar-refractivity contribution in [1.82, 2.24) is 9.88 Å². The monoisotopic (exact) mass is 310 g/mol. The summed E-state index contributed by atoms with van der Waals surface area (Å²) in [4.78, 5) is 8.16. The van der Waals surface area contributed by atoms with Crippen LogP contribution in [-0.2, 0) is 12.8 Å². The topological polar surface area (TPSA) is 65.9 Å². The van der Waals surface area contributed by atoms with Crippen LogP contribution in [0.25, 0.3) is 6.08 Å². The molecule has 0 saturated carbocycles. The summed E-state index contributed by atoms with van der Waals surface area (Å²) < 4.78 is 0. The van der Waals surface area contributed by atoms with Gasteiger partial charge in [0.05, 0.1) is 17.3 Å². The van der Waals surface area contributed by atoms with Gasteiger partial charge in [0.2, 0.25) is 0 Å². The molecule has 2 heterocycles. The van der Waals surface area contributed by atoms with Crippen molar-refractivity contribution in [2.24, 2.45) is 0 Å². The van der Waals surface area contributed by atoms with Gasteiger partial charge in [0.15, 0.2) is 5.13 Å². The molecule has 0 saturated heterocycles. The summed E-state index contributed by atoms with van der Waals surface area (Å²) in [5.41, 5.74) is 8.64. The van der Waals surface area contributed by atoms with Gasteiger partial charge in [-0.05, 0) is 18.1 Å². The van der Waals surface area contributed by atoms with E-state index in [0.717, 1.165) is 43.6 Å². The maximum atomic E-state index is 9.09. The summed E-state index contributed by atoms with van der Waals surface area (Å²) in [5.74, 6) is 0. The van der Waals surface area contributed by atoms with Crippen LogP contribution in [0, 0.1) is 11.3 Å². The quantitative estimate of drug-likeness (QED) is 0.946. The van der Waals surface area contributed by atoms with Crippen molar-refractivity contribution in [2.75, 3.05) is 25.4 Å². The lowest BCUT2D eigenvalue weighted by Crippen LogP contribution is -2.26. The van der Waals surface area contributed by atoms with E-state index in [1.807, 2.05) is 30.3 Å². The van der Waals surface area contributed by atoms with E-state index in [9.17, 15) is 0 Å². The average molecular weight is 310 g/mol. The molecule has 3 rings (SSSR count). The van der Waals surface area contributed by atoms with Crippen molar-refractivity contribution in [3.05, 3.63) is 52.0 Å². The summed E-state index contributed by atoms with van der Waals surface area (Å²) in [7, 11) is 0. The Morgan fingerprint density at radius 3 is 3.00 bits per heavy atom. The van der Waals surface area contributed by atoms with Crippen molar-refractivity contribution in [1.29, 1.82) is 5.26 Å². The summed E-state index contributed by atoms with van der Waals surface area (Å²) in [6.45, 7) is 2.92. The highest BCUT2D eigenvalue weighted by molar-refractivity contribution is 7.15. The minimum absolute atomic E-state index is 0.687. The number of benzene rings is 1. The molecule has 0 aliphatic carbocycles. The maximum Gasteiger partial charge on any atom is 0.180 e. The van der Waals surface area contributed by atoms with Crippen molar-refractivity contribution < 1.29 is 0 Å². The Kier molecular flexibility index (Phi) is 4.52. The molecule has 1 aromatic heterocycles. The molecular weight excluding hydrogens is 292 g/mol. The fourth-order valence-electron chi connectivity index (χ4n) is 2.68. The number of hydrogen-bond donors (Lipinski definition) is 1. The summed E-state index contributed by atoms with van der Waals surface area (Å²) >= 11 is 1.62. The lowest BCUT2D eigenvalue weighted by atomic mass is 10.1. The molecule has 2 N–H and O–H groups in total. The molecule has 1 aliphatic rings. The standard InChI is InChI=1S/C17H18N4S/c18-12-14-5-2-1-4-13(14)6-3-9-21-10-7-15-16(8-11-21)22-17(19)20-15/h1-6H,7-11H2,(H2,19,20)/b6-3+. The first kappa shape index (κ1) is 14.8. The predicted octanol–water partition coefficient (Wildman–Crippen LogP) is 2.71. The number of hydrogen-bond acceptors (Lipinski definition) is 5. The zero-order valence-corrected chi connectivity index (χ0v) is 13.1. The van der Waals surface area contributed by atoms with Gasteiger partial charge >= 0.3 is 0 Å². The normalized spacial score (nSPS) is 15.4. The Bertz CT molecular complexity index is 701. The van der Waals surface area contributed by atoms with Crippen LogP contribution in [0.15, 0.2) is 30.3 Å². The lowest BCUT2D eigenvalue weighted by molar-refractivity contribution is 0.318. The first-order valence-corrected chi connectivity index (χ1v) is 8.20. The predicted molar refractivity (Wildman–Crippen MR) is 90.6 cm³/mol. The van der Waals surface area contributed by atoms with Crippen LogP contribution in [0.1, 0.15) is 21.7 Å². The van der Waals surface area contributed by atoms with Gasteiger partial charge in [0.1, 0.15) is 0 Å². The molecule has 4 nitrogen and oxygen atoms in total. The minimum atomic E-state index is 0.687. The van der Waals surface area contributed by atoms with E-state index in [2.05, 4.69) is 22.0 Å². The second-order valence-electron chi connectivity index (χ2n) is 5.32. The van der Waals surface area contributed by atoms with Gasteiger partial charge < -0.3 is 5.73 Å². The highest BCUT2D eigenvalue weighted by Crippen LogP contribution is 2.24. The van der Waals surface area contributed by atoms with Crippen LogP contribution in [0.4, 0.5) is 5.13 Å². The molecule has 0 amide bonds. The fraction of sp³-hybridized carbons (Fsp3) is 0.294. The van der Waals surface area contributed by atoms with Gasteiger partial charge in [-0.25, -0.2) is 4.98 Å². The van der Waals surface area contributed by atoms with Gasteiger partial charge in [-0.15, -0.1) is 11.3 Å². The largest absolute Gasteiger partial charge is 0.375 e. The number of nitrogens with two attached hydrogens (primary N) is 1. The first-order valence-electron chi connectivity index (χ1n) is 7.38. The molecule has 5 heteroatoms. The summed E-state index contributed by atoms with van der Waals surface area (Å²) in [5, 5.41) is 9.78. The van der Waals surface area contributed by atoms with E-state index >= 15 is 0 Å². The van der Waals surface area contributed by atoms with Gasteiger partial charge in [-0.3, -0.25) is 4.90 Å². The van der Waals surface area contributed by atoms with Crippen LogP contribution < -0.4 is 5.73 Å². The average Bonchev–Trinajstić information content (AvgIpc) is 2.79. The second kappa shape index (κ2) is 6.73. The Hall–Kier alpha value is -2.16. The Balaban J connectivity index is 1.60. The van der Waals surface area contributed by atoms with E-state index in [-0.39, 0.29) is 0 Å². The maximum absolute atomic E-state index is 9.09. The van der Waals surface area contributed by atoms with Gasteiger partial charge in [0, 0.05) is 30.9 Å². The molecule has 2 aromatic rings. The van der Waals surface area contributed by atoms with Crippen LogP contribution in [0.2, 0.25) is 0 Å². The highest BCUT2D eigenvalue weighted by Gasteiger charge is 2.16. The third-order valence-electron chi connectivity index (χ3n) is 3.86. The SMILES string of the molecule is N#Cc1ccccc1/C=C/CN1CCc2nc(N)sc2CC1. The number of thiazole rings is 1. The van der Waals surface area contributed by atoms with Crippen molar-refractivity contribution in [2.45, 2.75) is 12.8 Å². The molecule has 0 fully saturated rings. The number of nitrogens with zero attached hydrogens (tertiary/aromatic N) is 3. The lowest BCUT2D eigenvalue weighted by Gasteiger charge is -2.17. The van der Waals surface area contributed by atoms with Crippen LogP contribution in [-0.4, -0.2) is 29.5 Å². The fourth-order valence-corrected chi connectivity index (χ4v) is 3.55. The molecule has 0 bridgehead atoms. The number of rotatable bonds is 3. The molecular formula is C17H18N4S. The van der Waals surface area contributed by atoms with Crippen molar-refractivity contribution in [3.63, 3.8) is 0 Å². The minimum Gasteiger partial charge on any atom is -0.375 e. The summed E-state index contributed by atoms with van der Waals surface area (Å²) in [6.07, 6.45) is 6.16. The Morgan fingerprint density at radius 1 is 1.32 bits per heavy atom. The van der Waals surface area contributed by atoms with Crippen LogP contribution in [0.5, 0.6) is 0 Å². The van der Waals surface area contributed by atoms with Gasteiger partial charge in [0.25, 0.3) is 0 Å². The second-order valence-corrected chi connectivity index (χ2v) is 6.44.